The van der Waals surface area contributed by atoms with Crippen LogP contribution in [0.25, 0.3) is 55.6 Å². The molecule has 0 bridgehead atoms. The van der Waals surface area contributed by atoms with Gasteiger partial charge in [-0.3, -0.25) is 24.0 Å². The Labute approximate surface area is 892 Å². The molecule has 1 saturated heterocycles. The minimum absolute atomic E-state index is 0.0435. The second-order valence-electron chi connectivity index (χ2n) is 40.5. The van der Waals surface area contributed by atoms with Gasteiger partial charge in [-0.2, -0.15) is 0 Å². The summed E-state index contributed by atoms with van der Waals surface area (Å²) in [6.45, 7) is 9.59. The van der Waals surface area contributed by atoms with Crippen LogP contribution in [0.5, 0.6) is 28.7 Å². The van der Waals surface area contributed by atoms with E-state index in [1.807, 2.05) is 336 Å². The van der Waals surface area contributed by atoms with E-state index in [4.69, 9.17) is 36.0 Å². The standard InChI is InChI=1S/C130H140O15Si5/c1-146(2)141-147(3,4)143-149(122(77-47-12-32-62-102-53-23-7-24-54-102)127(132)137-117-93-83-112(84-94-117)107-68-38-17-39-69-107,123(78-48-13-33-63-103-55-25-8-26-56-103)128(133)138-118-95-85-113(86-96-118)108-70-40-18-41-71-108)145-150(124(79-49-14-34-64-104-57-27-9-28-58-104)129(134)139-119-97-87-114(88-98-119)109-72-42-19-43-73-109,125(80-50-15-35-65-105-59-29-10-30-60-105)130(135)140-120-99-89-115(90-100-120)110-74-44-20-45-75-110)144-148(5,142-146)121(76-46-11-31-61-101-51-21-6-22-52-101)126(131)136-116-91-81-111(82-92-116)106-66-36-16-37-67-106/h6-10,16-30,36-45,51-60,66-75,81-100,121-125H,11-15,31-35,46-50,61-65,76-80H2,1-5H3. The molecule has 6 unspecified atom stereocenters. The quantitative estimate of drug-likeness (QED) is 0.0152. The van der Waals surface area contributed by atoms with Crippen LogP contribution in [-0.2, 0) is 76.7 Å². The number of ether oxygens (including phenoxy) is 5. The summed E-state index contributed by atoms with van der Waals surface area (Å²) in [5.74, 6) is -2.98. The van der Waals surface area contributed by atoms with Crippen LogP contribution in [0.3, 0.4) is 0 Å². The Morgan fingerprint density at radius 2 is 0.353 bits per heavy atom. The van der Waals surface area contributed by atoms with Gasteiger partial charge in [-0.05, 0) is 273 Å². The first kappa shape index (κ1) is 109. The van der Waals surface area contributed by atoms with Crippen LogP contribution in [0.1, 0.15) is 156 Å². The van der Waals surface area contributed by atoms with Crippen LogP contribution in [0.15, 0.2) is 425 Å². The second kappa shape index (κ2) is 54.8. The highest BCUT2D eigenvalue weighted by Gasteiger charge is 2.73. The SMILES string of the molecule is C[Si]1(C)O[Si](C)(C)O[Si](C(CCCCCc2ccccc2)C(=O)Oc2ccc(-c3ccccc3)cc2)(C(CCCCCc2ccccc2)C(=O)Oc2ccc(-c3ccccc3)cc2)O[Si](C(CCCCCc2ccccc2)C(=O)Oc2ccc(-c3ccccc3)cc2)(C(CCCCCc2ccccc2)C(=O)Oc2ccc(-c3ccccc3)cc2)O[Si](C)(C(CCCCCc2ccccc2)C(=O)Oc2ccc(-c3ccccc3)cc2)O1. The number of hydrogen-bond acceptors (Lipinski definition) is 15. The Kier molecular flexibility index (Phi) is 39.9. The van der Waals surface area contributed by atoms with Crippen LogP contribution in [-0.4, -0.2) is 72.7 Å². The molecule has 1 aliphatic rings. The molecular formula is C130H140O15Si5. The molecule has 15 aromatic rings. The number of unbranched alkanes of at least 4 members (excludes halogenated alkanes) is 10. The van der Waals surface area contributed by atoms with Crippen molar-refractivity contribution in [3.05, 3.63) is 452 Å². The van der Waals surface area contributed by atoms with Crippen molar-refractivity contribution < 1.29 is 68.2 Å². The summed E-state index contributed by atoms with van der Waals surface area (Å²) in [5, 5.41) is 0. The van der Waals surface area contributed by atoms with Gasteiger partial charge < -0.3 is 44.3 Å². The first-order chi connectivity index (χ1) is 73.2. The third kappa shape index (κ3) is 31.4. The van der Waals surface area contributed by atoms with E-state index in [2.05, 4.69) is 60.7 Å². The van der Waals surface area contributed by atoms with Gasteiger partial charge >= 0.3 is 72.7 Å². The second-order valence-corrected chi connectivity index (χ2v) is 58.6. The Morgan fingerprint density at radius 3 is 0.567 bits per heavy atom. The Bertz CT molecular complexity index is 6360. The van der Waals surface area contributed by atoms with Crippen molar-refractivity contribution in [3.8, 4) is 84.4 Å². The summed E-state index contributed by atoms with van der Waals surface area (Å²) in [4.78, 5) is 91.2. The van der Waals surface area contributed by atoms with Crippen molar-refractivity contribution in [2.24, 2.45) is 0 Å². The zero-order valence-corrected chi connectivity index (χ0v) is 92.1. The van der Waals surface area contributed by atoms with Crippen LogP contribution in [0.4, 0.5) is 0 Å². The van der Waals surface area contributed by atoms with E-state index in [0.29, 0.717) is 116 Å². The number of hydrogen-bond donors (Lipinski definition) is 0. The largest absolute Gasteiger partial charge is 0.426 e. The number of benzene rings is 15. The molecule has 150 heavy (non-hydrogen) atoms. The molecule has 0 aliphatic carbocycles. The molecule has 1 fully saturated rings. The third-order valence-electron chi connectivity index (χ3n) is 28.4. The summed E-state index contributed by atoms with van der Waals surface area (Å²) in [6, 6.07) is 139. The molecule has 0 saturated carbocycles. The van der Waals surface area contributed by atoms with E-state index in [0.717, 1.165) is 96.3 Å². The molecule has 770 valence electrons. The van der Waals surface area contributed by atoms with Gasteiger partial charge in [0, 0.05) is 0 Å². The molecule has 0 aromatic heterocycles. The van der Waals surface area contributed by atoms with E-state index in [-0.39, 0.29) is 60.9 Å². The smallest absolute Gasteiger partial charge is 0.349 e. The number of carbonyl (C=O) groups excluding carboxylic acids is 5. The predicted octanol–water partition coefficient (Wildman–Crippen LogP) is 32.7. The predicted molar refractivity (Wildman–Crippen MR) is 613 cm³/mol. The normalized spacial score (nSPS) is 16.9. The average molecular weight is 2080 g/mol. The lowest BCUT2D eigenvalue weighted by Crippen LogP contribution is -2.75. The van der Waals surface area contributed by atoms with Gasteiger partial charge in [0.1, 0.15) is 50.9 Å². The number of esters is 5. The topological polar surface area (TPSA) is 178 Å². The van der Waals surface area contributed by atoms with Crippen molar-refractivity contribution in [3.63, 3.8) is 0 Å². The van der Waals surface area contributed by atoms with Gasteiger partial charge in [-0.1, -0.05) is 428 Å². The van der Waals surface area contributed by atoms with E-state index in [1.54, 1.807) is 60.7 Å². The van der Waals surface area contributed by atoms with E-state index < -0.39 is 100 Å². The molecule has 1 heterocycles. The maximum absolute atomic E-state index is 18.6. The van der Waals surface area contributed by atoms with Crippen LogP contribution < -0.4 is 23.7 Å². The molecular weight excluding hydrogens is 1940 g/mol. The zero-order valence-electron chi connectivity index (χ0n) is 87.1. The molecule has 15 nitrogen and oxygen atoms in total. The van der Waals surface area contributed by atoms with Gasteiger partial charge in [0.25, 0.3) is 0 Å². The Balaban J connectivity index is 1.00. The van der Waals surface area contributed by atoms with Crippen molar-refractivity contribution >= 4 is 72.7 Å². The lowest BCUT2D eigenvalue weighted by atomic mass is 10.1. The van der Waals surface area contributed by atoms with Gasteiger partial charge in [0.15, 0.2) is 0 Å². The lowest BCUT2D eigenvalue weighted by molar-refractivity contribution is -0.137. The fourth-order valence-electron chi connectivity index (χ4n) is 21.0. The molecule has 1 aliphatic heterocycles. The van der Waals surface area contributed by atoms with E-state index in [1.165, 1.54) is 0 Å². The molecule has 0 radical (unpaired) electrons. The number of aryl methyl sites for hydroxylation is 5. The molecule has 15 aromatic carbocycles. The van der Waals surface area contributed by atoms with Gasteiger partial charge in [0.05, 0.1) is 5.54 Å². The number of rotatable bonds is 50. The molecule has 0 amide bonds. The van der Waals surface area contributed by atoms with Crippen LogP contribution >= 0.6 is 0 Å². The maximum atomic E-state index is 18.6. The molecule has 6 atom stereocenters. The minimum Gasteiger partial charge on any atom is -0.426 e. The van der Waals surface area contributed by atoms with Crippen molar-refractivity contribution in [1.29, 1.82) is 0 Å². The highest BCUT2D eigenvalue weighted by molar-refractivity contribution is 6.98. The molecule has 0 N–H and O–H groups in total. The highest BCUT2D eigenvalue weighted by Crippen LogP contribution is 2.57. The molecule has 0 spiro atoms. The maximum Gasteiger partial charge on any atom is 0.349 e. The molecule has 16 rings (SSSR count). The first-order valence-corrected chi connectivity index (χ1v) is 65.7. The summed E-state index contributed by atoms with van der Waals surface area (Å²) in [6.07, 6.45) is 11.2. The minimum atomic E-state index is -6.03. The van der Waals surface area contributed by atoms with E-state index >= 15 is 24.0 Å². The van der Waals surface area contributed by atoms with Crippen molar-refractivity contribution in [1.82, 2.24) is 0 Å². The highest BCUT2D eigenvalue weighted by atomic mass is 28.5. The fraction of sp³-hybridized carbons (Fsp3) is 0.269. The fourth-order valence-corrected chi connectivity index (χ4v) is 51.8. The lowest BCUT2D eigenvalue weighted by Gasteiger charge is -2.56. The summed E-state index contributed by atoms with van der Waals surface area (Å²) in [5.41, 5.74) is 6.75. The van der Waals surface area contributed by atoms with Gasteiger partial charge in [-0.15, -0.1) is 0 Å². The first-order valence-electron chi connectivity index (χ1n) is 53.8. The van der Waals surface area contributed by atoms with Gasteiger partial charge in [-0.25, -0.2) is 0 Å². The van der Waals surface area contributed by atoms with Crippen molar-refractivity contribution in [2.75, 3.05) is 0 Å². The summed E-state index contributed by atoms with van der Waals surface area (Å²) < 4.78 is 80.3. The van der Waals surface area contributed by atoms with Crippen LogP contribution in [0, 0.1) is 0 Å². The Morgan fingerprint density at radius 1 is 0.180 bits per heavy atom. The average Bonchev–Trinajstić information content (AvgIpc) is 0.708. The summed E-state index contributed by atoms with van der Waals surface area (Å²) in [7, 11) is -25.5. The number of carbonyl (C=O) groups is 5. The summed E-state index contributed by atoms with van der Waals surface area (Å²) >= 11 is 0. The monoisotopic (exact) mass is 2080 g/mol. The van der Waals surface area contributed by atoms with E-state index in [9.17, 15) is 8.23 Å². The van der Waals surface area contributed by atoms with Crippen molar-refractivity contribution in [2.45, 2.75) is 221 Å². The Hall–Kier alpha value is -13.5. The van der Waals surface area contributed by atoms with Crippen LogP contribution in [0.2, 0.25) is 60.4 Å². The molecule has 20 heteroatoms. The third-order valence-corrected chi connectivity index (χ3v) is 52.4. The zero-order chi connectivity index (χ0) is 104. The van der Waals surface area contributed by atoms with Gasteiger partial charge in [0.2, 0.25) is 0 Å².